The lowest BCUT2D eigenvalue weighted by Gasteiger charge is -2.33. The predicted octanol–water partition coefficient (Wildman–Crippen LogP) is 1.63. The van der Waals surface area contributed by atoms with E-state index in [0.717, 1.165) is 6.07 Å². The highest BCUT2D eigenvalue weighted by Gasteiger charge is 2.35. The SMILES string of the molecule is COC(=O)C1=C(C)NC(C)=C(C(=O)OC)N1c1ccc(F)c(N)c1. The second-order valence-electron chi connectivity index (χ2n) is 5.10. The molecule has 0 unspecified atom stereocenters. The Morgan fingerprint density at radius 1 is 1.08 bits per heavy atom. The normalized spacial score (nSPS) is 14.5. The van der Waals surface area contributed by atoms with Crippen LogP contribution < -0.4 is 16.0 Å². The number of carbonyl (C=O) groups is 2. The molecule has 8 heteroatoms. The number of nitrogens with two attached hydrogens (primary N) is 1. The van der Waals surface area contributed by atoms with E-state index in [2.05, 4.69) is 5.32 Å². The monoisotopic (exact) mass is 335 g/mol. The van der Waals surface area contributed by atoms with Gasteiger partial charge in [-0.1, -0.05) is 0 Å². The zero-order valence-corrected chi connectivity index (χ0v) is 13.8. The molecule has 7 nitrogen and oxygen atoms in total. The molecule has 1 aliphatic rings. The molecular formula is C16H18FN3O4. The third-order valence-corrected chi connectivity index (χ3v) is 3.53. The number of allylic oxidation sites excluding steroid dienone is 2. The zero-order chi connectivity index (χ0) is 18.0. The largest absolute Gasteiger partial charge is 0.464 e. The number of ether oxygens (including phenoxy) is 2. The lowest BCUT2D eigenvalue weighted by atomic mass is 10.1. The summed E-state index contributed by atoms with van der Waals surface area (Å²) in [5, 5.41) is 2.95. The van der Waals surface area contributed by atoms with Gasteiger partial charge in [-0.15, -0.1) is 0 Å². The second kappa shape index (κ2) is 6.61. The van der Waals surface area contributed by atoms with E-state index in [0.29, 0.717) is 17.1 Å². The number of hydrogen-bond donors (Lipinski definition) is 2. The fourth-order valence-corrected chi connectivity index (χ4v) is 2.46. The van der Waals surface area contributed by atoms with Crippen LogP contribution in [0.5, 0.6) is 0 Å². The number of benzene rings is 1. The van der Waals surface area contributed by atoms with Gasteiger partial charge in [-0.3, -0.25) is 4.90 Å². The van der Waals surface area contributed by atoms with Gasteiger partial charge in [0.05, 0.1) is 19.9 Å². The van der Waals surface area contributed by atoms with Crippen molar-refractivity contribution in [2.45, 2.75) is 13.8 Å². The number of hydrogen-bond acceptors (Lipinski definition) is 7. The third-order valence-electron chi connectivity index (χ3n) is 3.53. The van der Waals surface area contributed by atoms with Gasteiger partial charge in [-0.05, 0) is 32.0 Å². The van der Waals surface area contributed by atoms with Crippen LogP contribution in [0.1, 0.15) is 13.8 Å². The highest BCUT2D eigenvalue weighted by Crippen LogP contribution is 2.33. The molecule has 0 bridgehead atoms. The number of nitrogen functional groups attached to an aromatic ring is 1. The topological polar surface area (TPSA) is 93.9 Å². The molecule has 0 aromatic heterocycles. The Morgan fingerprint density at radius 3 is 2.00 bits per heavy atom. The molecule has 1 heterocycles. The number of nitrogens with one attached hydrogen (secondary N) is 1. The van der Waals surface area contributed by atoms with Crippen LogP contribution in [0.25, 0.3) is 0 Å². The third kappa shape index (κ3) is 2.90. The summed E-state index contributed by atoms with van der Waals surface area (Å²) in [4.78, 5) is 25.8. The van der Waals surface area contributed by atoms with Crippen molar-refractivity contribution >= 4 is 23.3 Å². The Labute approximate surface area is 138 Å². The minimum Gasteiger partial charge on any atom is -0.464 e. The van der Waals surface area contributed by atoms with Crippen LogP contribution in [0.3, 0.4) is 0 Å². The van der Waals surface area contributed by atoms with Crippen LogP contribution in [0, 0.1) is 5.82 Å². The van der Waals surface area contributed by atoms with Crippen molar-refractivity contribution in [3.05, 3.63) is 46.8 Å². The van der Waals surface area contributed by atoms with E-state index < -0.39 is 17.8 Å². The van der Waals surface area contributed by atoms with E-state index in [9.17, 15) is 14.0 Å². The van der Waals surface area contributed by atoms with Crippen molar-refractivity contribution in [3.63, 3.8) is 0 Å². The van der Waals surface area contributed by atoms with Crippen molar-refractivity contribution in [2.24, 2.45) is 0 Å². The Hall–Kier alpha value is -3.03. The van der Waals surface area contributed by atoms with E-state index >= 15 is 0 Å². The summed E-state index contributed by atoms with van der Waals surface area (Å²) in [6.07, 6.45) is 0. The first-order chi connectivity index (χ1) is 11.3. The Balaban J connectivity index is 2.71. The average Bonchev–Trinajstić information content (AvgIpc) is 2.55. The molecule has 2 rings (SSSR count). The van der Waals surface area contributed by atoms with Gasteiger partial charge in [-0.2, -0.15) is 0 Å². The lowest BCUT2D eigenvalue weighted by Crippen LogP contribution is -2.40. The molecule has 0 saturated carbocycles. The van der Waals surface area contributed by atoms with E-state index in [-0.39, 0.29) is 17.1 Å². The van der Waals surface area contributed by atoms with Gasteiger partial charge < -0.3 is 20.5 Å². The molecule has 24 heavy (non-hydrogen) atoms. The number of nitrogens with zero attached hydrogens (tertiary/aromatic N) is 1. The number of anilines is 2. The van der Waals surface area contributed by atoms with Crippen LogP contribution in [0.2, 0.25) is 0 Å². The fourth-order valence-electron chi connectivity index (χ4n) is 2.46. The van der Waals surface area contributed by atoms with Crippen LogP contribution in [0.4, 0.5) is 15.8 Å². The minimum absolute atomic E-state index is 0.0782. The van der Waals surface area contributed by atoms with Gasteiger partial charge >= 0.3 is 11.9 Å². The summed E-state index contributed by atoms with van der Waals surface area (Å²) in [6.45, 7) is 3.31. The fraction of sp³-hybridized carbons (Fsp3) is 0.250. The predicted molar refractivity (Wildman–Crippen MR) is 85.9 cm³/mol. The maximum absolute atomic E-state index is 13.5. The lowest BCUT2D eigenvalue weighted by molar-refractivity contribution is -0.136. The molecule has 0 fully saturated rings. The smallest absolute Gasteiger partial charge is 0.356 e. The Kier molecular flexibility index (Phi) is 4.77. The Bertz CT molecular complexity index is 733. The average molecular weight is 335 g/mol. The molecule has 0 amide bonds. The van der Waals surface area contributed by atoms with Gasteiger partial charge in [0, 0.05) is 17.1 Å². The van der Waals surface area contributed by atoms with Crippen LogP contribution in [-0.2, 0) is 19.1 Å². The first-order valence-electron chi connectivity index (χ1n) is 7.02. The standard InChI is InChI=1S/C16H18FN3O4/c1-8-13(15(21)23-3)20(10-5-6-11(17)12(18)7-10)14(9(2)19-8)16(22)24-4/h5-7,19H,18H2,1-4H3. The molecule has 128 valence electrons. The van der Waals surface area contributed by atoms with Crippen molar-refractivity contribution in [1.82, 2.24) is 5.32 Å². The summed E-state index contributed by atoms with van der Waals surface area (Å²) >= 11 is 0. The summed E-state index contributed by atoms with van der Waals surface area (Å²) in [6, 6.07) is 3.89. The van der Waals surface area contributed by atoms with Crippen molar-refractivity contribution in [3.8, 4) is 0 Å². The van der Waals surface area contributed by atoms with E-state index in [4.69, 9.17) is 15.2 Å². The molecule has 0 saturated heterocycles. The Morgan fingerprint density at radius 2 is 1.58 bits per heavy atom. The molecule has 1 aromatic carbocycles. The number of esters is 2. The molecule has 3 N–H and O–H groups in total. The molecule has 0 atom stereocenters. The van der Waals surface area contributed by atoms with Crippen LogP contribution >= 0.6 is 0 Å². The molecule has 0 aliphatic carbocycles. The number of rotatable bonds is 3. The maximum Gasteiger partial charge on any atom is 0.356 e. The highest BCUT2D eigenvalue weighted by molar-refractivity contribution is 6.03. The van der Waals surface area contributed by atoms with Crippen molar-refractivity contribution in [1.29, 1.82) is 0 Å². The van der Waals surface area contributed by atoms with Crippen molar-refractivity contribution in [2.75, 3.05) is 24.9 Å². The maximum atomic E-state index is 13.5. The second-order valence-corrected chi connectivity index (χ2v) is 5.10. The first-order valence-corrected chi connectivity index (χ1v) is 7.02. The number of halogens is 1. The summed E-state index contributed by atoms with van der Waals surface area (Å²) in [5.41, 5.74) is 6.93. The number of carbonyl (C=O) groups excluding carboxylic acids is 2. The van der Waals surface area contributed by atoms with Gasteiger partial charge in [0.2, 0.25) is 0 Å². The van der Waals surface area contributed by atoms with Gasteiger partial charge in [0.25, 0.3) is 0 Å². The van der Waals surface area contributed by atoms with E-state index in [1.807, 2.05) is 0 Å². The zero-order valence-electron chi connectivity index (χ0n) is 13.8. The van der Waals surface area contributed by atoms with Gasteiger partial charge in [-0.25, -0.2) is 14.0 Å². The van der Waals surface area contributed by atoms with Crippen molar-refractivity contribution < 1.29 is 23.5 Å². The molecule has 1 aliphatic heterocycles. The highest BCUT2D eigenvalue weighted by atomic mass is 19.1. The first kappa shape index (κ1) is 17.3. The molecule has 1 aromatic rings. The summed E-state index contributed by atoms with van der Waals surface area (Å²) in [5.74, 6) is -1.94. The van der Waals surface area contributed by atoms with Crippen LogP contribution in [0.15, 0.2) is 41.0 Å². The van der Waals surface area contributed by atoms with E-state index in [1.54, 1.807) is 13.8 Å². The summed E-state index contributed by atoms with van der Waals surface area (Å²) in [7, 11) is 2.45. The van der Waals surface area contributed by atoms with E-state index in [1.165, 1.54) is 31.3 Å². The van der Waals surface area contributed by atoms with Crippen LogP contribution in [-0.4, -0.2) is 26.2 Å². The molecule has 0 spiro atoms. The molecule has 0 radical (unpaired) electrons. The summed E-state index contributed by atoms with van der Waals surface area (Å²) < 4.78 is 23.1. The van der Waals surface area contributed by atoms with Gasteiger partial charge in [0.1, 0.15) is 5.82 Å². The van der Waals surface area contributed by atoms with Gasteiger partial charge in [0.15, 0.2) is 11.4 Å². The molecular weight excluding hydrogens is 317 g/mol. The quantitative estimate of drug-likeness (QED) is 0.640. The minimum atomic E-state index is -0.670. The number of methoxy groups -OCH3 is 2.